The molecule has 19 heavy (non-hydrogen) atoms. The summed E-state index contributed by atoms with van der Waals surface area (Å²) < 4.78 is 4.73. The van der Waals surface area contributed by atoms with Gasteiger partial charge in [0.15, 0.2) is 0 Å². The van der Waals surface area contributed by atoms with E-state index in [0.29, 0.717) is 11.6 Å². The molecule has 0 aliphatic heterocycles. The fourth-order valence-corrected chi connectivity index (χ4v) is 3.58. The van der Waals surface area contributed by atoms with Crippen LogP contribution in [0.25, 0.3) is 0 Å². The number of fused-ring (bicyclic) bond motifs is 2. The Morgan fingerprint density at radius 3 is 2.79 bits per heavy atom. The summed E-state index contributed by atoms with van der Waals surface area (Å²) in [6.07, 6.45) is 5.39. The van der Waals surface area contributed by atoms with E-state index in [4.69, 9.17) is 4.74 Å². The van der Waals surface area contributed by atoms with Gasteiger partial charge in [-0.2, -0.15) is 0 Å². The summed E-state index contributed by atoms with van der Waals surface area (Å²) in [4.78, 5) is 16.0. The number of ether oxygens (including phenoxy) is 1. The predicted molar refractivity (Wildman–Crippen MR) is 73.2 cm³/mol. The number of anilines is 1. The number of hydrogen-bond acceptors (Lipinski definition) is 4. The summed E-state index contributed by atoms with van der Waals surface area (Å²) in [5.41, 5.74) is 1.26. The topological polar surface area (TPSA) is 51.2 Å². The lowest BCUT2D eigenvalue weighted by Gasteiger charge is -2.23. The van der Waals surface area contributed by atoms with Crippen molar-refractivity contribution in [3.8, 4) is 0 Å². The number of pyridine rings is 1. The first-order valence-corrected chi connectivity index (χ1v) is 7.00. The predicted octanol–water partition coefficient (Wildman–Crippen LogP) is 2.78. The molecule has 4 heteroatoms. The van der Waals surface area contributed by atoms with Gasteiger partial charge in [0.2, 0.25) is 0 Å². The molecular formula is C15H20N2O2. The number of carbonyl (C=O) groups is 1. The molecule has 0 spiro atoms. The molecular weight excluding hydrogens is 240 g/mol. The van der Waals surface area contributed by atoms with Crippen LogP contribution in [0, 0.1) is 18.8 Å². The minimum Gasteiger partial charge on any atom is -0.465 e. The summed E-state index contributed by atoms with van der Waals surface area (Å²) >= 11 is 0. The van der Waals surface area contributed by atoms with Crippen LogP contribution in [-0.2, 0) is 4.74 Å². The largest absolute Gasteiger partial charge is 0.465 e. The number of nitrogens with zero attached hydrogens (tertiary/aromatic N) is 1. The van der Waals surface area contributed by atoms with Gasteiger partial charge < -0.3 is 10.1 Å². The van der Waals surface area contributed by atoms with E-state index in [1.807, 2.05) is 13.0 Å². The number of nitrogens with one attached hydrogen (secondary N) is 1. The second-order valence-electron chi connectivity index (χ2n) is 5.75. The molecule has 1 aromatic heterocycles. The number of aromatic nitrogens is 1. The molecule has 3 atom stereocenters. The van der Waals surface area contributed by atoms with Gasteiger partial charge in [-0.25, -0.2) is 9.78 Å². The Labute approximate surface area is 113 Å². The first-order chi connectivity index (χ1) is 9.17. The molecule has 0 saturated heterocycles. The molecule has 1 aromatic rings. The molecule has 0 aromatic carbocycles. The molecule has 2 bridgehead atoms. The first kappa shape index (κ1) is 12.5. The van der Waals surface area contributed by atoms with Gasteiger partial charge in [0, 0.05) is 6.04 Å². The molecule has 2 aliphatic carbocycles. The van der Waals surface area contributed by atoms with Crippen molar-refractivity contribution in [3.05, 3.63) is 23.4 Å². The Morgan fingerprint density at radius 1 is 1.37 bits per heavy atom. The summed E-state index contributed by atoms with van der Waals surface area (Å²) in [5.74, 6) is 2.28. The second-order valence-corrected chi connectivity index (χ2v) is 5.75. The van der Waals surface area contributed by atoms with Gasteiger partial charge in [-0.05, 0) is 50.2 Å². The summed E-state index contributed by atoms with van der Waals surface area (Å²) in [7, 11) is 1.39. The number of aryl methyl sites for hydroxylation is 1. The maximum Gasteiger partial charge on any atom is 0.339 e. The van der Waals surface area contributed by atoms with E-state index >= 15 is 0 Å². The van der Waals surface area contributed by atoms with Gasteiger partial charge in [0.05, 0.1) is 18.4 Å². The van der Waals surface area contributed by atoms with E-state index in [2.05, 4.69) is 10.3 Å². The van der Waals surface area contributed by atoms with Gasteiger partial charge in [-0.3, -0.25) is 0 Å². The zero-order valence-corrected chi connectivity index (χ0v) is 11.5. The van der Waals surface area contributed by atoms with Crippen LogP contribution in [0.3, 0.4) is 0 Å². The van der Waals surface area contributed by atoms with Crippen molar-refractivity contribution in [2.45, 2.75) is 38.6 Å². The fraction of sp³-hybridized carbons (Fsp3) is 0.600. The Kier molecular flexibility index (Phi) is 3.17. The van der Waals surface area contributed by atoms with Crippen LogP contribution in [0.2, 0.25) is 0 Å². The molecule has 102 valence electrons. The third-order valence-corrected chi connectivity index (χ3v) is 4.56. The van der Waals surface area contributed by atoms with Crippen molar-refractivity contribution < 1.29 is 9.53 Å². The lowest BCUT2D eigenvalue weighted by Crippen LogP contribution is -2.26. The monoisotopic (exact) mass is 260 g/mol. The first-order valence-electron chi connectivity index (χ1n) is 7.00. The molecule has 3 unspecified atom stereocenters. The number of esters is 1. The number of rotatable bonds is 3. The maximum atomic E-state index is 11.5. The van der Waals surface area contributed by atoms with Gasteiger partial charge in [0.1, 0.15) is 5.82 Å². The molecule has 1 N–H and O–H groups in total. The summed E-state index contributed by atoms with van der Waals surface area (Å²) in [6.45, 7) is 1.85. The zero-order chi connectivity index (χ0) is 13.4. The highest BCUT2D eigenvalue weighted by Crippen LogP contribution is 2.45. The highest BCUT2D eigenvalue weighted by molar-refractivity contribution is 5.90. The fourth-order valence-electron chi connectivity index (χ4n) is 3.58. The standard InChI is InChI=1S/C15H20N2O2/c1-9-12(15(18)19-2)5-6-14(16-9)17-13-8-10-3-4-11(13)7-10/h5-6,10-11,13H,3-4,7-8H2,1-2H3,(H,16,17). The average Bonchev–Trinajstić information content (AvgIpc) is 3.00. The van der Waals surface area contributed by atoms with E-state index < -0.39 is 0 Å². The van der Waals surface area contributed by atoms with E-state index in [1.54, 1.807) is 6.07 Å². The maximum absolute atomic E-state index is 11.5. The van der Waals surface area contributed by atoms with Gasteiger partial charge in [0.25, 0.3) is 0 Å². The molecule has 3 rings (SSSR count). The van der Waals surface area contributed by atoms with Crippen LogP contribution in [0.4, 0.5) is 5.82 Å². The third-order valence-electron chi connectivity index (χ3n) is 4.56. The van der Waals surface area contributed by atoms with Crippen LogP contribution >= 0.6 is 0 Å². The molecule has 2 fully saturated rings. The Bertz CT molecular complexity index is 501. The number of hydrogen-bond donors (Lipinski definition) is 1. The lowest BCUT2D eigenvalue weighted by atomic mass is 9.95. The van der Waals surface area contributed by atoms with Gasteiger partial charge >= 0.3 is 5.97 Å². The zero-order valence-electron chi connectivity index (χ0n) is 11.5. The van der Waals surface area contributed by atoms with Crippen LogP contribution < -0.4 is 5.32 Å². The lowest BCUT2D eigenvalue weighted by molar-refractivity contribution is 0.0599. The minimum absolute atomic E-state index is 0.323. The van der Waals surface area contributed by atoms with Crippen molar-refractivity contribution in [1.82, 2.24) is 4.98 Å². The van der Waals surface area contributed by atoms with Crippen LogP contribution in [-0.4, -0.2) is 24.1 Å². The van der Waals surface area contributed by atoms with Crippen LogP contribution in [0.1, 0.15) is 41.7 Å². The van der Waals surface area contributed by atoms with E-state index in [1.165, 1.54) is 32.8 Å². The SMILES string of the molecule is COC(=O)c1ccc(NC2CC3CCC2C3)nc1C. The molecule has 1 heterocycles. The average molecular weight is 260 g/mol. The molecule has 2 saturated carbocycles. The molecule has 4 nitrogen and oxygen atoms in total. The Balaban J connectivity index is 1.72. The third kappa shape index (κ3) is 2.31. The van der Waals surface area contributed by atoms with E-state index in [9.17, 15) is 4.79 Å². The molecule has 0 amide bonds. The van der Waals surface area contributed by atoms with Gasteiger partial charge in [-0.1, -0.05) is 6.42 Å². The van der Waals surface area contributed by atoms with Gasteiger partial charge in [-0.15, -0.1) is 0 Å². The highest BCUT2D eigenvalue weighted by Gasteiger charge is 2.39. The minimum atomic E-state index is -0.323. The Hall–Kier alpha value is -1.58. The van der Waals surface area contributed by atoms with Crippen LogP contribution in [0.15, 0.2) is 12.1 Å². The van der Waals surface area contributed by atoms with E-state index in [-0.39, 0.29) is 5.97 Å². The summed E-state index contributed by atoms with van der Waals surface area (Å²) in [6, 6.07) is 4.24. The van der Waals surface area contributed by atoms with Crippen molar-refractivity contribution in [1.29, 1.82) is 0 Å². The van der Waals surface area contributed by atoms with Crippen molar-refractivity contribution in [2.24, 2.45) is 11.8 Å². The quantitative estimate of drug-likeness (QED) is 0.849. The highest BCUT2D eigenvalue weighted by atomic mass is 16.5. The summed E-state index contributed by atoms with van der Waals surface area (Å²) in [5, 5.41) is 3.53. The second kappa shape index (κ2) is 4.83. The van der Waals surface area contributed by atoms with E-state index in [0.717, 1.165) is 23.3 Å². The molecule has 0 radical (unpaired) electrons. The number of methoxy groups -OCH3 is 1. The smallest absolute Gasteiger partial charge is 0.339 e. The van der Waals surface area contributed by atoms with Crippen molar-refractivity contribution >= 4 is 11.8 Å². The van der Waals surface area contributed by atoms with Crippen molar-refractivity contribution in [2.75, 3.05) is 12.4 Å². The number of carbonyl (C=O) groups excluding carboxylic acids is 1. The molecule has 2 aliphatic rings. The van der Waals surface area contributed by atoms with Crippen molar-refractivity contribution in [3.63, 3.8) is 0 Å². The normalized spacial score (nSPS) is 28.4. The van der Waals surface area contributed by atoms with Crippen LogP contribution in [0.5, 0.6) is 0 Å². The Morgan fingerprint density at radius 2 is 2.21 bits per heavy atom.